The van der Waals surface area contributed by atoms with Crippen LogP contribution in [0.1, 0.15) is 78.6 Å². The number of nitrogens with two attached hydrogens (primary N) is 1. The first kappa shape index (κ1) is 15.3. The molecule has 0 aromatic heterocycles. The molecule has 2 aliphatic rings. The van der Waals surface area contributed by atoms with Crippen LogP contribution in [0, 0.1) is 5.41 Å². The number of hydrogen-bond acceptors (Lipinski definition) is 2. The van der Waals surface area contributed by atoms with Gasteiger partial charge in [0.15, 0.2) is 0 Å². The van der Waals surface area contributed by atoms with E-state index in [1.807, 2.05) is 0 Å². The molecule has 19 heavy (non-hydrogen) atoms. The predicted molar refractivity (Wildman–Crippen MR) is 83.3 cm³/mol. The van der Waals surface area contributed by atoms with E-state index in [1.54, 1.807) is 0 Å². The molecule has 1 aliphatic carbocycles. The minimum Gasteiger partial charge on any atom is -0.329 e. The Balaban J connectivity index is 2.10. The molecule has 1 aliphatic heterocycles. The van der Waals surface area contributed by atoms with E-state index in [0.717, 1.165) is 12.6 Å². The van der Waals surface area contributed by atoms with E-state index < -0.39 is 0 Å². The number of likely N-dealkylation sites (tertiary alicyclic amines) is 1. The zero-order valence-electron chi connectivity index (χ0n) is 13.4. The summed E-state index contributed by atoms with van der Waals surface area (Å²) in [7, 11) is 0. The highest BCUT2D eigenvalue weighted by atomic mass is 15.2. The van der Waals surface area contributed by atoms with E-state index in [-0.39, 0.29) is 0 Å². The van der Waals surface area contributed by atoms with E-state index in [0.29, 0.717) is 11.0 Å². The van der Waals surface area contributed by atoms with Gasteiger partial charge in [-0.05, 0) is 56.9 Å². The van der Waals surface area contributed by atoms with Crippen molar-refractivity contribution in [1.29, 1.82) is 0 Å². The summed E-state index contributed by atoms with van der Waals surface area (Å²) in [5.74, 6) is 0. The lowest BCUT2D eigenvalue weighted by molar-refractivity contribution is -0.0265. The summed E-state index contributed by atoms with van der Waals surface area (Å²) in [4.78, 5) is 2.84. The summed E-state index contributed by atoms with van der Waals surface area (Å²) in [5, 5.41) is 0. The maximum atomic E-state index is 6.27. The topological polar surface area (TPSA) is 29.3 Å². The fraction of sp³-hybridized carbons (Fsp3) is 1.00. The molecule has 0 aromatic rings. The van der Waals surface area contributed by atoms with Crippen molar-refractivity contribution in [3.8, 4) is 0 Å². The normalized spacial score (nSPS) is 31.3. The van der Waals surface area contributed by atoms with E-state index in [1.165, 1.54) is 64.3 Å². The molecule has 0 bridgehead atoms. The molecule has 112 valence electrons. The third-order valence-electron chi connectivity index (χ3n) is 5.77. The van der Waals surface area contributed by atoms with Crippen LogP contribution in [0.15, 0.2) is 0 Å². The van der Waals surface area contributed by atoms with Gasteiger partial charge in [-0.3, -0.25) is 4.90 Å². The molecular weight excluding hydrogens is 232 g/mol. The molecule has 1 atom stereocenters. The second-order valence-corrected chi connectivity index (χ2v) is 7.72. The standard InChI is InChI=1S/C17H34N2/c1-4-7-15-8-5-6-13-19(15)17(14-18)11-9-16(2,3)10-12-17/h15H,4-14,18H2,1-3H3. The Bertz CT molecular complexity index is 273. The van der Waals surface area contributed by atoms with Gasteiger partial charge in [-0.15, -0.1) is 0 Å². The lowest BCUT2D eigenvalue weighted by Gasteiger charge is -2.54. The lowest BCUT2D eigenvalue weighted by atomic mass is 9.68. The summed E-state index contributed by atoms with van der Waals surface area (Å²) in [6.07, 6.45) is 12.2. The van der Waals surface area contributed by atoms with Crippen LogP contribution in [0.4, 0.5) is 0 Å². The highest BCUT2D eigenvalue weighted by Gasteiger charge is 2.44. The van der Waals surface area contributed by atoms with Gasteiger partial charge < -0.3 is 5.73 Å². The van der Waals surface area contributed by atoms with Gasteiger partial charge >= 0.3 is 0 Å². The Kier molecular flexibility index (Phi) is 4.94. The summed E-state index contributed by atoms with van der Waals surface area (Å²) in [6.45, 7) is 9.33. The summed E-state index contributed by atoms with van der Waals surface area (Å²) < 4.78 is 0. The predicted octanol–water partition coefficient (Wildman–Crippen LogP) is 3.94. The van der Waals surface area contributed by atoms with Crippen LogP contribution < -0.4 is 5.73 Å². The largest absolute Gasteiger partial charge is 0.329 e. The summed E-state index contributed by atoms with van der Waals surface area (Å²) >= 11 is 0. The van der Waals surface area contributed by atoms with Crippen molar-refractivity contribution >= 4 is 0 Å². The molecule has 0 aromatic carbocycles. The minimum absolute atomic E-state index is 0.329. The molecule has 1 saturated heterocycles. The zero-order chi connectivity index (χ0) is 13.9. The fourth-order valence-corrected chi connectivity index (χ4v) is 4.26. The SMILES string of the molecule is CCCC1CCCCN1C1(CN)CCC(C)(C)CC1. The zero-order valence-corrected chi connectivity index (χ0v) is 13.4. The number of nitrogens with zero attached hydrogens (tertiary/aromatic N) is 1. The van der Waals surface area contributed by atoms with Gasteiger partial charge in [0.25, 0.3) is 0 Å². The van der Waals surface area contributed by atoms with Crippen molar-refractivity contribution in [3.05, 3.63) is 0 Å². The molecule has 0 amide bonds. The maximum absolute atomic E-state index is 6.27. The molecule has 2 N–H and O–H groups in total. The van der Waals surface area contributed by atoms with Crippen LogP contribution in [-0.2, 0) is 0 Å². The monoisotopic (exact) mass is 266 g/mol. The van der Waals surface area contributed by atoms with Gasteiger partial charge in [0.05, 0.1) is 0 Å². The third-order valence-corrected chi connectivity index (χ3v) is 5.77. The van der Waals surface area contributed by atoms with E-state index in [2.05, 4.69) is 25.7 Å². The quantitative estimate of drug-likeness (QED) is 0.835. The fourth-order valence-electron chi connectivity index (χ4n) is 4.26. The van der Waals surface area contributed by atoms with Gasteiger partial charge in [0.1, 0.15) is 0 Å². The van der Waals surface area contributed by atoms with Crippen LogP contribution in [0.5, 0.6) is 0 Å². The van der Waals surface area contributed by atoms with Gasteiger partial charge in [-0.25, -0.2) is 0 Å². The van der Waals surface area contributed by atoms with Crippen molar-refractivity contribution in [2.45, 2.75) is 90.1 Å². The van der Waals surface area contributed by atoms with Crippen LogP contribution >= 0.6 is 0 Å². The molecular formula is C17H34N2. The van der Waals surface area contributed by atoms with Crippen molar-refractivity contribution in [2.24, 2.45) is 11.1 Å². The Morgan fingerprint density at radius 2 is 1.79 bits per heavy atom. The Morgan fingerprint density at radius 1 is 1.11 bits per heavy atom. The van der Waals surface area contributed by atoms with Crippen molar-refractivity contribution in [1.82, 2.24) is 4.90 Å². The van der Waals surface area contributed by atoms with E-state index in [4.69, 9.17) is 5.73 Å². The molecule has 1 saturated carbocycles. The van der Waals surface area contributed by atoms with E-state index >= 15 is 0 Å². The molecule has 2 fully saturated rings. The molecule has 2 heteroatoms. The first-order valence-electron chi connectivity index (χ1n) is 8.50. The average Bonchev–Trinajstić information content (AvgIpc) is 2.41. The van der Waals surface area contributed by atoms with Gasteiger partial charge in [-0.1, -0.05) is 33.6 Å². The van der Waals surface area contributed by atoms with Crippen LogP contribution in [-0.4, -0.2) is 29.6 Å². The Morgan fingerprint density at radius 3 is 2.37 bits per heavy atom. The minimum atomic E-state index is 0.329. The maximum Gasteiger partial charge on any atom is 0.0335 e. The molecule has 2 rings (SSSR count). The molecule has 0 spiro atoms. The number of rotatable bonds is 4. The smallest absolute Gasteiger partial charge is 0.0335 e. The van der Waals surface area contributed by atoms with E-state index in [9.17, 15) is 0 Å². The first-order valence-corrected chi connectivity index (χ1v) is 8.50. The van der Waals surface area contributed by atoms with Crippen LogP contribution in [0.3, 0.4) is 0 Å². The van der Waals surface area contributed by atoms with Gasteiger partial charge in [0, 0.05) is 18.1 Å². The highest BCUT2D eigenvalue weighted by molar-refractivity contribution is 5.00. The van der Waals surface area contributed by atoms with Crippen molar-refractivity contribution in [3.63, 3.8) is 0 Å². The first-order chi connectivity index (χ1) is 9.03. The average molecular weight is 266 g/mol. The summed E-state index contributed by atoms with van der Waals surface area (Å²) in [6, 6.07) is 0.809. The van der Waals surface area contributed by atoms with Crippen LogP contribution in [0.2, 0.25) is 0 Å². The molecule has 0 radical (unpaired) electrons. The summed E-state index contributed by atoms with van der Waals surface area (Å²) in [5.41, 5.74) is 7.14. The van der Waals surface area contributed by atoms with Gasteiger partial charge in [0.2, 0.25) is 0 Å². The highest BCUT2D eigenvalue weighted by Crippen LogP contribution is 2.44. The second kappa shape index (κ2) is 6.13. The Hall–Kier alpha value is -0.0800. The molecule has 1 unspecified atom stereocenters. The van der Waals surface area contributed by atoms with Crippen molar-refractivity contribution in [2.75, 3.05) is 13.1 Å². The lowest BCUT2D eigenvalue weighted by Crippen LogP contribution is -2.61. The van der Waals surface area contributed by atoms with Gasteiger partial charge in [-0.2, -0.15) is 0 Å². The molecule has 2 nitrogen and oxygen atoms in total. The molecule has 1 heterocycles. The second-order valence-electron chi connectivity index (χ2n) is 7.72. The number of hydrogen-bond donors (Lipinski definition) is 1. The Labute approximate surface area is 120 Å². The van der Waals surface area contributed by atoms with Crippen molar-refractivity contribution < 1.29 is 0 Å². The van der Waals surface area contributed by atoms with Crippen LogP contribution in [0.25, 0.3) is 0 Å². The third kappa shape index (κ3) is 3.33. The number of piperidine rings is 1.